The molecule has 1 aromatic carbocycles. The van der Waals surface area contributed by atoms with Crippen molar-refractivity contribution < 1.29 is 18.8 Å². The van der Waals surface area contributed by atoms with Crippen LogP contribution in [0.1, 0.15) is 18.7 Å². The number of nitrogens with one attached hydrogen (secondary N) is 1. The number of hydrogen-bond acceptors (Lipinski definition) is 7. The van der Waals surface area contributed by atoms with Crippen LogP contribution in [0.2, 0.25) is 0 Å². The Kier molecular flexibility index (Phi) is 5.34. The Labute approximate surface area is 160 Å². The molecular formula is C19H19N3O4S. The highest BCUT2D eigenvalue weighted by Gasteiger charge is 2.21. The van der Waals surface area contributed by atoms with Gasteiger partial charge < -0.3 is 19.3 Å². The van der Waals surface area contributed by atoms with Gasteiger partial charge in [0.15, 0.2) is 11.5 Å². The summed E-state index contributed by atoms with van der Waals surface area (Å²) in [5, 5.41) is 8.82. The molecule has 1 N–H and O–H groups in total. The van der Waals surface area contributed by atoms with Crippen LogP contribution in [-0.4, -0.2) is 35.3 Å². The number of benzene rings is 1. The third-order valence-electron chi connectivity index (χ3n) is 4.10. The van der Waals surface area contributed by atoms with E-state index in [1.54, 1.807) is 11.3 Å². The zero-order chi connectivity index (χ0) is 18.5. The fourth-order valence-electron chi connectivity index (χ4n) is 2.74. The molecule has 7 nitrogen and oxygen atoms in total. The van der Waals surface area contributed by atoms with Gasteiger partial charge in [0.1, 0.15) is 12.7 Å². The summed E-state index contributed by atoms with van der Waals surface area (Å²) in [6.45, 7) is 0.834. The predicted molar refractivity (Wildman–Crippen MR) is 99.9 cm³/mol. The number of carbonyl (C=O) groups excluding carboxylic acids is 1. The Bertz CT molecular complexity index is 894. The van der Waals surface area contributed by atoms with Gasteiger partial charge in [-0.25, -0.2) is 0 Å². The minimum absolute atomic E-state index is 0.0320. The lowest BCUT2D eigenvalue weighted by atomic mass is 10.2. The first-order valence-corrected chi connectivity index (χ1v) is 9.67. The van der Waals surface area contributed by atoms with E-state index in [2.05, 4.69) is 15.5 Å². The van der Waals surface area contributed by atoms with Crippen LogP contribution in [0, 0.1) is 0 Å². The van der Waals surface area contributed by atoms with Crippen LogP contribution >= 0.6 is 11.3 Å². The van der Waals surface area contributed by atoms with E-state index in [9.17, 15) is 4.79 Å². The van der Waals surface area contributed by atoms with Crippen molar-refractivity contribution in [1.29, 1.82) is 0 Å². The second kappa shape index (κ2) is 8.22. The zero-order valence-electron chi connectivity index (χ0n) is 14.6. The molecule has 8 heteroatoms. The van der Waals surface area contributed by atoms with E-state index in [4.69, 9.17) is 14.0 Å². The molecule has 1 atom stereocenters. The average molecular weight is 385 g/mol. The first kappa shape index (κ1) is 17.5. The maximum atomic E-state index is 12.0. The quantitative estimate of drug-likeness (QED) is 0.673. The lowest BCUT2D eigenvalue weighted by Crippen LogP contribution is -2.40. The lowest BCUT2D eigenvalue weighted by molar-refractivity contribution is -0.121. The number of aromatic nitrogens is 2. The Morgan fingerprint density at radius 1 is 1.22 bits per heavy atom. The van der Waals surface area contributed by atoms with Crippen molar-refractivity contribution in [3.8, 4) is 22.2 Å². The summed E-state index contributed by atoms with van der Waals surface area (Å²) in [6, 6.07) is 11.4. The van der Waals surface area contributed by atoms with Crippen molar-refractivity contribution in [1.82, 2.24) is 15.5 Å². The molecule has 4 rings (SSSR count). The first-order chi connectivity index (χ1) is 13.3. The van der Waals surface area contributed by atoms with Gasteiger partial charge in [0.25, 0.3) is 0 Å². The molecule has 0 saturated carbocycles. The molecular weight excluding hydrogens is 366 g/mol. The Morgan fingerprint density at radius 2 is 2.11 bits per heavy atom. The molecule has 3 aromatic rings. The van der Waals surface area contributed by atoms with E-state index in [1.807, 2.05) is 41.8 Å². The van der Waals surface area contributed by atoms with Crippen molar-refractivity contribution in [2.75, 3.05) is 13.2 Å². The second-order valence-electron chi connectivity index (χ2n) is 6.14. The van der Waals surface area contributed by atoms with Crippen LogP contribution < -0.4 is 14.8 Å². The molecule has 140 valence electrons. The van der Waals surface area contributed by atoms with Crippen LogP contribution in [0.3, 0.4) is 0 Å². The number of nitrogens with zero attached hydrogens (tertiary/aromatic N) is 2. The third kappa shape index (κ3) is 4.46. The SMILES string of the molecule is O=C(CCCc1nc(-c2cccs2)no1)NCC1COc2ccccc2O1. The third-order valence-corrected chi connectivity index (χ3v) is 4.96. The van der Waals surface area contributed by atoms with Crippen molar-refractivity contribution >= 4 is 17.2 Å². The predicted octanol–water partition coefficient (Wildman–Crippen LogP) is 3.08. The maximum Gasteiger partial charge on any atom is 0.226 e. The van der Waals surface area contributed by atoms with Crippen molar-refractivity contribution in [3.05, 3.63) is 47.7 Å². The summed E-state index contributed by atoms with van der Waals surface area (Å²) in [4.78, 5) is 17.4. The summed E-state index contributed by atoms with van der Waals surface area (Å²) >= 11 is 1.56. The summed E-state index contributed by atoms with van der Waals surface area (Å²) in [5.41, 5.74) is 0. The first-order valence-electron chi connectivity index (χ1n) is 8.79. The topological polar surface area (TPSA) is 86.5 Å². The minimum Gasteiger partial charge on any atom is -0.486 e. The summed E-state index contributed by atoms with van der Waals surface area (Å²) in [6.07, 6.45) is 1.42. The Balaban J connectivity index is 1.17. The van der Waals surface area contributed by atoms with Crippen LogP contribution in [-0.2, 0) is 11.2 Å². The van der Waals surface area contributed by atoms with Crippen LogP contribution in [0.4, 0.5) is 0 Å². The van der Waals surface area contributed by atoms with Gasteiger partial charge in [0.2, 0.25) is 17.6 Å². The van der Waals surface area contributed by atoms with E-state index in [1.165, 1.54) is 0 Å². The van der Waals surface area contributed by atoms with E-state index in [0.29, 0.717) is 49.9 Å². The minimum atomic E-state index is -0.187. The second-order valence-corrected chi connectivity index (χ2v) is 7.09. The zero-order valence-corrected chi connectivity index (χ0v) is 15.4. The number of fused-ring (bicyclic) bond motifs is 1. The summed E-state index contributed by atoms with van der Waals surface area (Å²) < 4.78 is 16.7. The molecule has 2 aromatic heterocycles. The van der Waals surface area contributed by atoms with E-state index >= 15 is 0 Å². The number of ether oxygens (including phenoxy) is 2. The van der Waals surface area contributed by atoms with E-state index in [0.717, 1.165) is 10.6 Å². The fourth-order valence-corrected chi connectivity index (χ4v) is 3.39. The van der Waals surface area contributed by atoms with Gasteiger partial charge in [-0.3, -0.25) is 4.79 Å². The Hall–Kier alpha value is -2.87. The molecule has 0 radical (unpaired) electrons. The van der Waals surface area contributed by atoms with Gasteiger partial charge in [-0.15, -0.1) is 11.3 Å². The number of aryl methyl sites for hydroxylation is 1. The van der Waals surface area contributed by atoms with Gasteiger partial charge in [-0.05, 0) is 30.0 Å². The van der Waals surface area contributed by atoms with Crippen LogP contribution in [0.5, 0.6) is 11.5 Å². The van der Waals surface area contributed by atoms with Gasteiger partial charge >= 0.3 is 0 Å². The summed E-state index contributed by atoms with van der Waals surface area (Å²) in [7, 11) is 0. The number of thiophene rings is 1. The number of amides is 1. The molecule has 0 spiro atoms. The lowest BCUT2D eigenvalue weighted by Gasteiger charge is -2.26. The van der Waals surface area contributed by atoms with Crippen LogP contribution in [0.25, 0.3) is 10.7 Å². The number of hydrogen-bond donors (Lipinski definition) is 1. The fraction of sp³-hybridized carbons (Fsp3) is 0.316. The normalized spacial score (nSPS) is 15.5. The number of para-hydroxylation sites is 2. The van der Waals surface area contributed by atoms with Crippen LogP contribution in [0.15, 0.2) is 46.3 Å². The highest BCUT2D eigenvalue weighted by Crippen LogP contribution is 2.30. The van der Waals surface area contributed by atoms with E-state index in [-0.39, 0.29) is 12.0 Å². The highest BCUT2D eigenvalue weighted by atomic mass is 32.1. The highest BCUT2D eigenvalue weighted by molar-refractivity contribution is 7.13. The molecule has 0 bridgehead atoms. The molecule has 1 aliphatic rings. The van der Waals surface area contributed by atoms with Gasteiger partial charge in [-0.2, -0.15) is 4.98 Å². The van der Waals surface area contributed by atoms with Gasteiger partial charge in [-0.1, -0.05) is 23.4 Å². The number of carbonyl (C=O) groups is 1. The largest absolute Gasteiger partial charge is 0.486 e. The van der Waals surface area contributed by atoms with Crippen molar-refractivity contribution in [2.45, 2.75) is 25.4 Å². The molecule has 0 fully saturated rings. The molecule has 3 heterocycles. The van der Waals surface area contributed by atoms with E-state index < -0.39 is 0 Å². The van der Waals surface area contributed by atoms with Gasteiger partial charge in [0, 0.05) is 12.8 Å². The average Bonchev–Trinajstić information content (AvgIpc) is 3.38. The maximum absolute atomic E-state index is 12.0. The number of rotatable bonds is 7. The molecule has 0 aliphatic carbocycles. The molecule has 1 amide bonds. The van der Waals surface area contributed by atoms with Gasteiger partial charge in [0.05, 0.1) is 11.4 Å². The monoisotopic (exact) mass is 385 g/mol. The molecule has 1 unspecified atom stereocenters. The van der Waals surface area contributed by atoms with Crippen molar-refractivity contribution in [2.24, 2.45) is 0 Å². The standard InChI is InChI=1S/C19H19N3O4S/c23-17(20-11-13-12-24-14-5-1-2-6-15(14)25-13)8-3-9-18-21-19(22-26-18)16-7-4-10-27-16/h1-2,4-7,10,13H,3,8-9,11-12H2,(H,20,23). The molecule has 0 saturated heterocycles. The van der Waals surface area contributed by atoms with Crippen molar-refractivity contribution in [3.63, 3.8) is 0 Å². The smallest absolute Gasteiger partial charge is 0.226 e. The molecule has 27 heavy (non-hydrogen) atoms. The summed E-state index contributed by atoms with van der Waals surface area (Å²) in [5.74, 6) is 2.56. The Morgan fingerprint density at radius 3 is 2.96 bits per heavy atom. The molecule has 1 aliphatic heterocycles.